The van der Waals surface area contributed by atoms with Crippen LogP contribution in [0.5, 0.6) is 5.75 Å². The summed E-state index contributed by atoms with van der Waals surface area (Å²) < 4.78 is 0. The van der Waals surface area contributed by atoms with Crippen molar-refractivity contribution in [2.75, 3.05) is 13.2 Å². The van der Waals surface area contributed by atoms with Crippen molar-refractivity contribution in [1.82, 2.24) is 5.32 Å². The molecule has 90 valence electrons. The molecule has 0 fully saturated rings. The van der Waals surface area contributed by atoms with Gasteiger partial charge in [0, 0.05) is 13.2 Å². The number of rotatable bonds is 7. The van der Waals surface area contributed by atoms with Crippen molar-refractivity contribution in [2.24, 2.45) is 5.92 Å². The summed E-state index contributed by atoms with van der Waals surface area (Å²) in [6.45, 7) is 4.14. The van der Waals surface area contributed by atoms with E-state index in [9.17, 15) is 0 Å². The van der Waals surface area contributed by atoms with E-state index in [0.29, 0.717) is 11.7 Å². The molecule has 0 saturated carbocycles. The fraction of sp³-hybridized carbons (Fsp3) is 0.538. The van der Waals surface area contributed by atoms with Gasteiger partial charge in [0.25, 0.3) is 0 Å². The minimum atomic E-state index is 0.263. The molecular formula is C13H21NO2. The number of aliphatic hydroxyl groups excluding tert-OH is 1. The fourth-order valence-corrected chi connectivity index (χ4v) is 1.67. The van der Waals surface area contributed by atoms with E-state index in [4.69, 9.17) is 10.2 Å². The second-order valence-electron chi connectivity index (χ2n) is 4.08. The first kappa shape index (κ1) is 13.0. The molecule has 3 N–H and O–H groups in total. The van der Waals surface area contributed by atoms with Gasteiger partial charge < -0.3 is 15.5 Å². The number of hydrogen-bond acceptors (Lipinski definition) is 3. The van der Waals surface area contributed by atoms with E-state index in [1.165, 1.54) is 0 Å². The summed E-state index contributed by atoms with van der Waals surface area (Å²) >= 11 is 0. The molecule has 0 heterocycles. The molecule has 1 aromatic carbocycles. The van der Waals surface area contributed by atoms with Gasteiger partial charge in [-0.25, -0.2) is 0 Å². The van der Waals surface area contributed by atoms with Gasteiger partial charge in [0.2, 0.25) is 0 Å². The summed E-state index contributed by atoms with van der Waals surface area (Å²) in [7, 11) is 0. The Morgan fingerprint density at radius 2 is 1.94 bits per heavy atom. The summed E-state index contributed by atoms with van der Waals surface area (Å²) in [5.74, 6) is 0.845. The van der Waals surface area contributed by atoms with Crippen LogP contribution < -0.4 is 5.32 Å². The average molecular weight is 223 g/mol. The molecule has 1 unspecified atom stereocenters. The zero-order chi connectivity index (χ0) is 11.8. The van der Waals surface area contributed by atoms with Crippen LogP contribution in [0.25, 0.3) is 0 Å². The van der Waals surface area contributed by atoms with Gasteiger partial charge in [0.1, 0.15) is 5.75 Å². The van der Waals surface area contributed by atoms with E-state index < -0.39 is 0 Å². The standard InChI is InChI=1S/C13H21NO2/c1-2-11(7-8-15)9-14-10-12-3-5-13(16)6-4-12/h3-6,11,14-16H,2,7-10H2,1H3. The van der Waals surface area contributed by atoms with Crippen LogP contribution >= 0.6 is 0 Å². The molecule has 16 heavy (non-hydrogen) atoms. The molecular weight excluding hydrogens is 202 g/mol. The van der Waals surface area contributed by atoms with E-state index in [-0.39, 0.29) is 6.61 Å². The zero-order valence-corrected chi connectivity index (χ0v) is 9.82. The molecule has 0 aromatic heterocycles. The maximum absolute atomic E-state index is 9.13. The van der Waals surface area contributed by atoms with Crippen LogP contribution in [-0.2, 0) is 6.54 Å². The number of phenols is 1. The first-order valence-electron chi connectivity index (χ1n) is 5.85. The topological polar surface area (TPSA) is 52.5 Å². The van der Waals surface area contributed by atoms with Crippen LogP contribution in [0.3, 0.4) is 0 Å². The van der Waals surface area contributed by atoms with Gasteiger partial charge in [0.15, 0.2) is 0 Å². The predicted molar refractivity (Wildman–Crippen MR) is 65.3 cm³/mol. The number of hydrogen-bond donors (Lipinski definition) is 3. The Morgan fingerprint density at radius 3 is 2.50 bits per heavy atom. The second-order valence-corrected chi connectivity index (χ2v) is 4.08. The molecule has 0 radical (unpaired) electrons. The molecule has 0 saturated heterocycles. The van der Waals surface area contributed by atoms with Crippen LogP contribution in [0.4, 0.5) is 0 Å². The van der Waals surface area contributed by atoms with Gasteiger partial charge in [-0.3, -0.25) is 0 Å². The van der Waals surface area contributed by atoms with E-state index in [0.717, 1.165) is 31.5 Å². The van der Waals surface area contributed by atoms with Crippen LogP contribution in [-0.4, -0.2) is 23.4 Å². The molecule has 1 atom stereocenters. The maximum Gasteiger partial charge on any atom is 0.115 e. The van der Waals surface area contributed by atoms with Gasteiger partial charge in [-0.2, -0.15) is 0 Å². The monoisotopic (exact) mass is 223 g/mol. The third-order valence-electron chi connectivity index (χ3n) is 2.81. The van der Waals surface area contributed by atoms with Crippen LogP contribution in [0, 0.1) is 5.92 Å². The number of aromatic hydroxyl groups is 1. The Morgan fingerprint density at radius 1 is 1.25 bits per heavy atom. The summed E-state index contributed by atoms with van der Waals surface area (Å²) in [5, 5.41) is 21.4. The quantitative estimate of drug-likeness (QED) is 0.661. The third kappa shape index (κ3) is 4.64. The first-order valence-corrected chi connectivity index (χ1v) is 5.85. The van der Waals surface area contributed by atoms with Gasteiger partial charge in [0.05, 0.1) is 0 Å². The largest absolute Gasteiger partial charge is 0.508 e. The molecule has 1 aromatic rings. The van der Waals surface area contributed by atoms with E-state index in [1.807, 2.05) is 12.1 Å². The maximum atomic E-state index is 9.13. The summed E-state index contributed by atoms with van der Waals surface area (Å²) in [6, 6.07) is 7.22. The smallest absolute Gasteiger partial charge is 0.115 e. The van der Waals surface area contributed by atoms with Gasteiger partial charge in [-0.15, -0.1) is 0 Å². The number of aliphatic hydroxyl groups is 1. The minimum absolute atomic E-state index is 0.263. The summed E-state index contributed by atoms with van der Waals surface area (Å²) in [5.41, 5.74) is 1.16. The van der Waals surface area contributed by atoms with Crippen molar-refractivity contribution < 1.29 is 10.2 Å². The molecule has 0 amide bonds. The van der Waals surface area contributed by atoms with Crippen molar-refractivity contribution in [3.63, 3.8) is 0 Å². The zero-order valence-electron chi connectivity index (χ0n) is 9.82. The summed E-state index contributed by atoms with van der Waals surface area (Å²) in [6.07, 6.45) is 1.95. The Balaban J connectivity index is 2.26. The highest BCUT2D eigenvalue weighted by Crippen LogP contribution is 2.10. The molecule has 3 nitrogen and oxygen atoms in total. The van der Waals surface area contributed by atoms with Gasteiger partial charge in [-0.05, 0) is 36.6 Å². The number of phenolic OH excluding ortho intramolecular Hbond substituents is 1. The lowest BCUT2D eigenvalue weighted by atomic mass is 10.0. The second kappa shape index (κ2) is 7.25. The number of benzene rings is 1. The van der Waals surface area contributed by atoms with Crippen molar-refractivity contribution >= 4 is 0 Å². The normalized spacial score (nSPS) is 12.6. The highest BCUT2D eigenvalue weighted by atomic mass is 16.3. The predicted octanol–water partition coefficient (Wildman–Crippen LogP) is 1.89. The highest BCUT2D eigenvalue weighted by Gasteiger charge is 2.04. The van der Waals surface area contributed by atoms with Gasteiger partial charge in [-0.1, -0.05) is 25.5 Å². The van der Waals surface area contributed by atoms with E-state index in [1.54, 1.807) is 12.1 Å². The summed E-state index contributed by atoms with van der Waals surface area (Å²) in [4.78, 5) is 0. The van der Waals surface area contributed by atoms with Gasteiger partial charge >= 0.3 is 0 Å². The highest BCUT2D eigenvalue weighted by molar-refractivity contribution is 5.25. The molecule has 0 aliphatic heterocycles. The molecule has 3 heteroatoms. The molecule has 1 rings (SSSR count). The lowest BCUT2D eigenvalue weighted by Gasteiger charge is -2.14. The number of nitrogens with one attached hydrogen (secondary N) is 1. The van der Waals surface area contributed by atoms with Crippen molar-refractivity contribution in [3.05, 3.63) is 29.8 Å². The lowest BCUT2D eigenvalue weighted by Crippen LogP contribution is -2.22. The Bertz CT molecular complexity index is 284. The van der Waals surface area contributed by atoms with Crippen molar-refractivity contribution in [3.8, 4) is 5.75 Å². The minimum Gasteiger partial charge on any atom is -0.508 e. The fourth-order valence-electron chi connectivity index (χ4n) is 1.67. The lowest BCUT2D eigenvalue weighted by molar-refractivity contribution is 0.251. The van der Waals surface area contributed by atoms with Crippen LogP contribution in [0.1, 0.15) is 25.3 Å². The molecule has 0 aliphatic carbocycles. The third-order valence-corrected chi connectivity index (χ3v) is 2.81. The van der Waals surface area contributed by atoms with Crippen molar-refractivity contribution in [2.45, 2.75) is 26.3 Å². The molecule has 0 bridgehead atoms. The Hall–Kier alpha value is -1.06. The SMILES string of the molecule is CCC(CCO)CNCc1ccc(O)cc1. The van der Waals surface area contributed by atoms with Crippen LogP contribution in [0.2, 0.25) is 0 Å². The van der Waals surface area contributed by atoms with Crippen molar-refractivity contribution in [1.29, 1.82) is 0 Å². The Kier molecular flexibility index (Phi) is 5.90. The molecule has 0 aliphatic rings. The first-order chi connectivity index (χ1) is 7.76. The average Bonchev–Trinajstić information content (AvgIpc) is 2.30. The van der Waals surface area contributed by atoms with Crippen LogP contribution in [0.15, 0.2) is 24.3 Å². The van der Waals surface area contributed by atoms with E-state index >= 15 is 0 Å². The molecule has 0 spiro atoms. The Labute approximate surface area is 97.1 Å². The van der Waals surface area contributed by atoms with E-state index in [2.05, 4.69) is 12.2 Å².